The van der Waals surface area contributed by atoms with Gasteiger partial charge in [0.15, 0.2) is 0 Å². The number of amides is 2. The van der Waals surface area contributed by atoms with Gasteiger partial charge in [-0.2, -0.15) is 0 Å². The number of rotatable bonds is 7. The van der Waals surface area contributed by atoms with Crippen molar-refractivity contribution in [3.63, 3.8) is 0 Å². The van der Waals surface area contributed by atoms with E-state index >= 15 is 0 Å². The van der Waals surface area contributed by atoms with Crippen molar-refractivity contribution in [2.75, 3.05) is 6.54 Å². The largest absolute Gasteiger partial charge is 0.350 e. The zero-order chi connectivity index (χ0) is 22.9. The number of nitrogens with zero attached hydrogens (tertiary/aromatic N) is 5. The highest BCUT2D eigenvalue weighted by Gasteiger charge is 2.35. The fraction of sp³-hybridized carbons (Fsp3) is 0.200. The van der Waals surface area contributed by atoms with Crippen molar-refractivity contribution in [1.29, 1.82) is 0 Å². The number of carbonyl (C=O) groups excluding carboxylic acids is 2. The first kappa shape index (κ1) is 20.6. The number of hydrogen-bond acceptors (Lipinski definition) is 3. The minimum absolute atomic E-state index is 0.377. The molecule has 0 aliphatic carbocycles. The first-order valence-electron chi connectivity index (χ1n) is 10.8. The number of unbranched alkanes of at least 4 members (excludes halogenated alkanes) is 1. The molecule has 2 amide bonds. The molecule has 0 unspecified atom stereocenters. The summed E-state index contributed by atoms with van der Waals surface area (Å²) in [5.41, 5.74) is 12.7. The third-order valence-corrected chi connectivity index (χ3v) is 6.13. The quantitative estimate of drug-likeness (QED) is 0.147. The Balaban J connectivity index is 1.67. The second-order valence-electron chi connectivity index (χ2n) is 8.12. The van der Waals surface area contributed by atoms with E-state index in [2.05, 4.69) is 19.9 Å². The Morgan fingerprint density at radius 1 is 0.879 bits per heavy atom. The fourth-order valence-corrected chi connectivity index (χ4v) is 4.65. The monoisotopic (exact) mass is 438 g/mol. The Morgan fingerprint density at radius 3 is 2.18 bits per heavy atom. The second-order valence-corrected chi connectivity index (χ2v) is 8.12. The Kier molecular flexibility index (Phi) is 5.20. The number of para-hydroxylation sites is 2. The van der Waals surface area contributed by atoms with Crippen LogP contribution in [0.4, 0.5) is 0 Å². The van der Waals surface area contributed by atoms with Crippen molar-refractivity contribution in [3.8, 4) is 0 Å². The van der Waals surface area contributed by atoms with E-state index in [-0.39, 0.29) is 11.8 Å². The summed E-state index contributed by atoms with van der Waals surface area (Å²) in [4.78, 5) is 28.8. The Hall–Kier alpha value is -4.29. The van der Waals surface area contributed by atoms with Crippen LogP contribution in [0, 0.1) is 0 Å². The number of hydrogen-bond donors (Lipinski definition) is 1. The second kappa shape index (κ2) is 8.33. The van der Waals surface area contributed by atoms with Crippen molar-refractivity contribution in [2.45, 2.75) is 19.4 Å². The van der Waals surface area contributed by atoms with E-state index in [1.165, 1.54) is 0 Å². The number of benzene rings is 2. The van der Waals surface area contributed by atoms with Gasteiger partial charge < -0.3 is 9.13 Å². The molecule has 164 valence electrons. The third kappa shape index (κ3) is 3.46. The lowest BCUT2D eigenvalue weighted by Crippen LogP contribution is -2.22. The minimum Gasteiger partial charge on any atom is -0.350 e. The Labute approximate surface area is 189 Å². The van der Waals surface area contributed by atoms with E-state index < -0.39 is 0 Å². The van der Waals surface area contributed by atoms with Gasteiger partial charge in [0.1, 0.15) is 0 Å². The molecule has 2 aromatic carbocycles. The van der Waals surface area contributed by atoms with Crippen LogP contribution in [0.3, 0.4) is 0 Å². The molecule has 0 fully saturated rings. The van der Waals surface area contributed by atoms with Crippen LogP contribution >= 0.6 is 0 Å². The molecule has 8 nitrogen and oxygen atoms in total. The molecule has 4 aromatic rings. The van der Waals surface area contributed by atoms with Crippen LogP contribution in [0.15, 0.2) is 66.0 Å². The van der Waals surface area contributed by atoms with Crippen molar-refractivity contribution in [3.05, 3.63) is 82.5 Å². The van der Waals surface area contributed by atoms with Crippen molar-refractivity contribution < 1.29 is 9.59 Å². The molecule has 0 atom stereocenters. The first-order chi connectivity index (χ1) is 16.1. The summed E-state index contributed by atoms with van der Waals surface area (Å²) >= 11 is 0. The molecule has 0 bridgehead atoms. The highest BCUT2D eigenvalue weighted by Crippen LogP contribution is 2.38. The molecule has 33 heavy (non-hydrogen) atoms. The van der Waals surface area contributed by atoms with E-state index in [1.54, 1.807) is 0 Å². The number of nitrogens with one attached hydrogen (secondary N) is 1. The van der Waals surface area contributed by atoms with Gasteiger partial charge >= 0.3 is 0 Å². The number of aryl methyl sites for hydroxylation is 2. The van der Waals surface area contributed by atoms with Crippen molar-refractivity contribution >= 4 is 44.8 Å². The number of imide groups is 1. The highest BCUT2D eigenvalue weighted by atomic mass is 16.2. The Bertz CT molecular complexity index is 1500. The average Bonchev–Trinajstić information content (AvgIpc) is 3.44. The van der Waals surface area contributed by atoms with Crippen LogP contribution in [0.1, 0.15) is 24.0 Å². The lowest BCUT2D eigenvalue weighted by Gasteiger charge is -2.04. The normalized spacial score (nSPS) is 13.7. The van der Waals surface area contributed by atoms with Crippen molar-refractivity contribution in [1.82, 2.24) is 14.5 Å². The van der Waals surface area contributed by atoms with Gasteiger partial charge in [-0.25, -0.2) is 0 Å². The van der Waals surface area contributed by atoms with Gasteiger partial charge in [0, 0.05) is 70.4 Å². The third-order valence-electron chi connectivity index (χ3n) is 6.13. The molecule has 1 aliphatic heterocycles. The lowest BCUT2D eigenvalue weighted by atomic mass is 9.95. The van der Waals surface area contributed by atoms with Crippen LogP contribution in [0.5, 0.6) is 0 Å². The summed E-state index contributed by atoms with van der Waals surface area (Å²) in [7, 11) is 1.93. The summed E-state index contributed by atoms with van der Waals surface area (Å²) in [6.45, 7) is 1.17. The van der Waals surface area contributed by atoms with E-state index in [0.717, 1.165) is 45.8 Å². The summed E-state index contributed by atoms with van der Waals surface area (Å²) in [6, 6.07) is 15.7. The molecular weight excluding hydrogens is 416 g/mol. The first-order valence-corrected chi connectivity index (χ1v) is 10.8. The molecule has 0 saturated carbocycles. The van der Waals surface area contributed by atoms with Gasteiger partial charge in [-0.1, -0.05) is 41.5 Å². The minimum atomic E-state index is -0.380. The molecular formula is C25H22N6O2. The number of fused-ring (bicyclic) bond motifs is 2. The zero-order valence-corrected chi connectivity index (χ0v) is 18.2. The molecule has 5 rings (SSSR count). The maximum Gasteiger partial charge on any atom is 0.259 e. The number of carbonyl (C=O) groups is 2. The Morgan fingerprint density at radius 2 is 1.48 bits per heavy atom. The topological polar surface area (TPSA) is 105 Å². The van der Waals surface area contributed by atoms with Gasteiger partial charge in [0.2, 0.25) is 0 Å². The van der Waals surface area contributed by atoms with Gasteiger partial charge in [-0.3, -0.25) is 14.9 Å². The van der Waals surface area contributed by atoms with Gasteiger partial charge in [0.05, 0.1) is 11.1 Å². The van der Waals surface area contributed by atoms with E-state index in [4.69, 9.17) is 5.53 Å². The van der Waals surface area contributed by atoms with E-state index in [0.29, 0.717) is 24.2 Å². The van der Waals surface area contributed by atoms with Gasteiger partial charge in [0.25, 0.3) is 11.8 Å². The van der Waals surface area contributed by atoms with E-state index in [1.807, 2.05) is 72.5 Å². The molecule has 1 aliphatic rings. The molecule has 0 radical (unpaired) electrons. The summed E-state index contributed by atoms with van der Waals surface area (Å²) < 4.78 is 4.07. The van der Waals surface area contributed by atoms with Crippen molar-refractivity contribution in [2.24, 2.45) is 12.2 Å². The molecule has 8 heteroatoms. The van der Waals surface area contributed by atoms with Crippen LogP contribution in [0.25, 0.3) is 43.4 Å². The van der Waals surface area contributed by atoms with Gasteiger partial charge in [-0.05, 0) is 30.5 Å². The number of aromatic nitrogens is 2. The average molecular weight is 438 g/mol. The smallest absolute Gasteiger partial charge is 0.259 e. The van der Waals surface area contributed by atoms with Crippen LogP contribution in [0.2, 0.25) is 0 Å². The molecule has 0 spiro atoms. The molecule has 1 N–H and O–H groups in total. The molecule has 0 saturated heterocycles. The predicted octanol–water partition coefficient (Wildman–Crippen LogP) is 4.79. The van der Waals surface area contributed by atoms with Gasteiger partial charge in [-0.15, -0.1) is 0 Å². The lowest BCUT2D eigenvalue weighted by molar-refractivity contribution is -0.122. The predicted molar refractivity (Wildman–Crippen MR) is 128 cm³/mol. The summed E-state index contributed by atoms with van der Waals surface area (Å²) in [5.74, 6) is -0.758. The maximum absolute atomic E-state index is 13.0. The summed E-state index contributed by atoms with van der Waals surface area (Å²) in [5, 5.41) is 7.96. The standard InChI is InChI=1S/C25H22N6O2/c1-30-14-18(16-8-2-4-10-20(16)30)22-23(25(33)28-24(22)32)19-15-31(13-7-6-12-27-29-26)21-11-5-3-9-17(19)21/h2-5,8-11,14-15H,6-7,12-13H2,1H3,(H,28,32,33). The fourth-order valence-electron chi connectivity index (χ4n) is 4.65. The molecule has 2 aromatic heterocycles. The van der Waals surface area contributed by atoms with Crippen LogP contribution in [-0.2, 0) is 23.2 Å². The van der Waals surface area contributed by atoms with Crippen LogP contribution < -0.4 is 5.32 Å². The maximum atomic E-state index is 13.0. The number of azide groups is 1. The highest BCUT2D eigenvalue weighted by molar-refractivity contribution is 6.50. The molecule has 3 heterocycles. The van der Waals surface area contributed by atoms with E-state index in [9.17, 15) is 9.59 Å². The SMILES string of the molecule is Cn1cc(C2=C(c3cn(CCCCN=[N+]=[N-])c4ccccc34)C(=O)NC2=O)c2ccccc21. The van der Waals surface area contributed by atoms with Crippen LogP contribution in [-0.4, -0.2) is 27.5 Å². The zero-order valence-electron chi connectivity index (χ0n) is 18.2. The summed E-state index contributed by atoms with van der Waals surface area (Å²) in [6.07, 6.45) is 5.47.